The van der Waals surface area contributed by atoms with Crippen molar-refractivity contribution in [2.75, 3.05) is 18.5 Å². The normalized spacial score (nSPS) is 10.6. The van der Waals surface area contributed by atoms with Crippen molar-refractivity contribution >= 4 is 80.2 Å². The van der Waals surface area contributed by atoms with Gasteiger partial charge in [-0.05, 0) is 62.7 Å². The molecule has 0 saturated carbocycles. The topological polar surface area (TPSA) is 116 Å². The number of rotatable bonds is 6. The molecule has 41 heavy (non-hydrogen) atoms. The van der Waals surface area contributed by atoms with Crippen molar-refractivity contribution in [2.45, 2.75) is 20.8 Å². The van der Waals surface area contributed by atoms with Crippen LogP contribution in [0, 0.1) is 6.92 Å². The van der Waals surface area contributed by atoms with Gasteiger partial charge in [-0.25, -0.2) is 19.6 Å². The smallest absolute Gasteiger partial charge is 0.341 e. The lowest BCUT2D eigenvalue weighted by Gasteiger charge is -2.14. The van der Waals surface area contributed by atoms with Crippen molar-refractivity contribution in [1.82, 2.24) is 19.9 Å². The van der Waals surface area contributed by atoms with Gasteiger partial charge in [0.25, 0.3) is 0 Å². The van der Waals surface area contributed by atoms with Crippen LogP contribution in [0.5, 0.6) is 0 Å². The highest BCUT2D eigenvalue weighted by atomic mass is 35.5. The number of benzene rings is 1. The van der Waals surface area contributed by atoms with Gasteiger partial charge < -0.3 is 14.8 Å². The number of carbonyl (C=O) groups is 2. The number of aryl methyl sites for hydroxylation is 1. The average Bonchev–Trinajstić information content (AvgIpc) is 2.94. The molecule has 1 aromatic carbocycles. The Kier molecular flexibility index (Phi) is 9.88. The van der Waals surface area contributed by atoms with E-state index in [4.69, 9.17) is 44.3 Å². The van der Waals surface area contributed by atoms with E-state index in [1.807, 2.05) is 31.2 Å². The van der Waals surface area contributed by atoms with Gasteiger partial charge in [-0.15, -0.1) is 0 Å². The van der Waals surface area contributed by atoms with Crippen LogP contribution in [0.3, 0.4) is 0 Å². The van der Waals surface area contributed by atoms with Crippen LogP contribution >= 0.6 is 34.8 Å². The fraction of sp³-hybridized carbons (Fsp3) is 0.172. The molecule has 0 atom stereocenters. The maximum Gasteiger partial charge on any atom is 0.341 e. The number of hydrogen-bond donors (Lipinski definition) is 1. The molecule has 0 amide bonds. The van der Waals surface area contributed by atoms with E-state index in [-0.39, 0.29) is 23.8 Å². The second-order valence-electron chi connectivity index (χ2n) is 8.47. The van der Waals surface area contributed by atoms with Crippen LogP contribution < -0.4 is 5.32 Å². The molecule has 210 valence electrons. The third-order valence-corrected chi connectivity index (χ3v) is 6.38. The number of fused-ring (bicyclic) bond motifs is 2. The predicted molar refractivity (Wildman–Crippen MR) is 160 cm³/mol. The Hall–Kier alpha value is -4.05. The summed E-state index contributed by atoms with van der Waals surface area (Å²) in [6.07, 6.45) is 2.87. The summed E-state index contributed by atoms with van der Waals surface area (Å²) in [5.41, 5.74) is 5.12. The van der Waals surface area contributed by atoms with E-state index >= 15 is 0 Å². The number of nitrogens with zero attached hydrogens (tertiary/aromatic N) is 4. The van der Waals surface area contributed by atoms with Gasteiger partial charge in [-0.2, -0.15) is 0 Å². The number of nitrogens with one attached hydrogen (secondary N) is 1. The fourth-order valence-electron chi connectivity index (χ4n) is 3.76. The monoisotopic (exact) mass is 611 g/mol. The molecule has 0 unspecified atom stereocenters. The van der Waals surface area contributed by atoms with Crippen molar-refractivity contribution in [3.8, 4) is 0 Å². The van der Waals surface area contributed by atoms with Crippen molar-refractivity contribution < 1.29 is 19.1 Å². The standard InChI is InChI=1S/C18H16ClN3O2.C11H8Cl2N2O2/c1-3-24-18(23)13-10-20-14-7-8-15(19)22-17(14)16(13)21-12-6-4-5-11(2)9-12;1-2-17-11(16)6-5-14-7-3-4-8(12)15-10(7)9(6)13/h4-10H,3H2,1-2H3,(H,20,21);3-5H,2H2,1H3. The first-order valence-corrected chi connectivity index (χ1v) is 13.6. The predicted octanol–water partition coefficient (Wildman–Crippen LogP) is 7.63. The molecule has 0 aliphatic heterocycles. The van der Waals surface area contributed by atoms with Gasteiger partial charge in [0.05, 0.1) is 40.5 Å². The van der Waals surface area contributed by atoms with Crippen molar-refractivity contribution in [2.24, 2.45) is 0 Å². The Balaban J connectivity index is 0.000000201. The lowest BCUT2D eigenvalue weighted by molar-refractivity contribution is 0.0517. The first kappa shape index (κ1) is 29.9. The summed E-state index contributed by atoms with van der Waals surface area (Å²) in [7, 11) is 0. The van der Waals surface area contributed by atoms with Crippen LogP contribution in [0.4, 0.5) is 11.4 Å². The Bertz CT molecular complexity index is 1750. The maximum atomic E-state index is 12.3. The number of hydrogen-bond acceptors (Lipinski definition) is 9. The molecule has 12 heteroatoms. The van der Waals surface area contributed by atoms with Gasteiger partial charge in [0.15, 0.2) is 0 Å². The average molecular weight is 613 g/mol. The molecular weight excluding hydrogens is 589 g/mol. The number of anilines is 2. The Morgan fingerprint density at radius 2 is 1.34 bits per heavy atom. The van der Waals surface area contributed by atoms with Gasteiger partial charge in [-0.1, -0.05) is 46.9 Å². The summed E-state index contributed by atoms with van der Waals surface area (Å²) in [6.45, 7) is 6.03. The highest BCUT2D eigenvalue weighted by molar-refractivity contribution is 6.38. The summed E-state index contributed by atoms with van der Waals surface area (Å²) in [5, 5.41) is 4.09. The van der Waals surface area contributed by atoms with E-state index in [1.54, 1.807) is 38.1 Å². The quantitative estimate of drug-likeness (QED) is 0.153. The minimum Gasteiger partial charge on any atom is -0.462 e. The molecule has 0 radical (unpaired) electrons. The molecular formula is C29H24Cl3N5O4. The highest BCUT2D eigenvalue weighted by Gasteiger charge is 2.19. The van der Waals surface area contributed by atoms with E-state index in [2.05, 4.69) is 25.3 Å². The number of ether oxygens (including phenoxy) is 2. The van der Waals surface area contributed by atoms with Crippen LogP contribution in [-0.4, -0.2) is 45.1 Å². The zero-order valence-corrected chi connectivity index (χ0v) is 24.5. The molecule has 4 heterocycles. The van der Waals surface area contributed by atoms with Gasteiger partial charge in [0.1, 0.15) is 26.9 Å². The van der Waals surface area contributed by atoms with Gasteiger partial charge >= 0.3 is 11.9 Å². The molecule has 5 rings (SSSR count). The number of halogens is 3. The summed E-state index contributed by atoms with van der Waals surface area (Å²) in [6, 6.07) is 14.5. The first-order valence-electron chi connectivity index (χ1n) is 12.5. The molecule has 0 aliphatic carbocycles. The Labute approximate surface area is 250 Å². The summed E-state index contributed by atoms with van der Waals surface area (Å²) in [5.74, 6) is -0.975. The van der Waals surface area contributed by atoms with E-state index in [1.165, 1.54) is 12.4 Å². The van der Waals surface area contributed by atoms with Crippen LogP contribution in [-0.2, 0) is 9.47 Å². The lowest BCUT2D eigenvalue weighted by atomic mass is 10.1. The van der Waals surface area contributed by atoms with Crippen LogP contribution in [0.2, 0.25) is 15.3 Å². The molecule has 0 saturated heterocycles. The molecule has 1 N–H and O–H groups in total. The van der Waals surface area contributed by atoms with Crippen molar-refractivity contribution in [3.63, 3.8) is 0 Å². The highest BCUT2D eigenvalue weighted by Crippen LogP contribution is 2.30. The second kappa shape index (κ2) is 13.5. The zero-order valence-electron chi connectivity index (χ0n) is 22.2. The number of carbonyl (C=O) groups excluding carboxylic acids is 2. The van der Waals surface area contributed by atoms with E-state index in [0.29, 0.717) is 43.6 Å². The maximum absolute atomic E-state index is 12.3. The molecule has 0 bridgehead atoms. The van der Waals surface area contributed by atoms with Gasteiger partial charge in [0.2, 0.25) is 0 Å². The van der Waals surface area contributed by atoms with Crippen LogP contribution in [0.1, 0.15) is 40.1 Å². The van der Waals surface area contributed by atoms with Crippen LogP contribution in [0.15, 0.2) is 60.9 Å². The van der Waals surface area contributed by atoms with Gasteiger partial charge in [0, 0.05) is 18.1 Å². The minimum atomic E-state index is -0.520. The summed E-state index contributed by atoms with van der Waals surface area (Å²) < 4.78 is 9.99. The SMILES string of the molecule is CCOC(=O)c1cnc2ccc(Cl)nc2c1Cl.CCOC(=O)c1cnc2ccc(Cl)nc2c1Nc1cccc(C)c1. The molecule has 0 fully saturated rings. The minimum absolute atomic E-state index is 0.191. The molecule has 4 aromatic heterocycles. The molecule has 9 nitrogen and oxygen atoms in total. The molecule has 5 aromatic rings. The van der Waals surface area contributed by atoms with Crippen LogP contribution in [0.25, 0.3) is 22.1 Å². The number of pyridine rings is 4. The Morgan fingerprint density at radius 3 is 1.95 bits per heavy atom. The van der Waals surface area contributed by atoms with Gasteiger partial charge in [-0.3, -0.25) is 9.97 Å². The summed E-state index contributed by atoms with van der Waals surface area (Å²) in [4.78, 5) is 40.6. The first-order chi connectivity index (χ1) is 19.7. The largest absolute Gasteiger partial charge is 0.462 e. The van der Waals surface area contributed by atoms with E-state index in [9.17, 15) is 9.59 Å². The third kappa shape index (κ3) is 7.18. The second-order valence-corrected chi connectivity index (χ2v) is 9.62. The lowest BCUT2D eigenvalue weighted by Crippen LogP contribution is -2.09. The van der Waals surface area contributed by atoms with Crippen molar-refractivity contribution in [3.05, 3.63) is 92.9 Å². The summed E-state index contributed by atoms with van der Waals surface area (Å²) >= 11 is 17.9. The third-order valence-electron chi connectivity index (χ3n) is 5.57. The fourth-order valence-corrected chi connectivity index (χ4v) is 4.32. The Morgan fingerprint density at radius 1 is 0.780 bits per heavy atom. The molecule has 0 aliphatic rings. The molecule has 0 spiro atoms. The van der Waals surface area contributed by atoms with E-state index < -0.39 is 11.9 Å². The number of aromatic nitrogens is 4. The number of esters is 2. The van der Waals surface area contributed by atoms with E-state index in [0.717, 1.165) is 11.3 Å². The zero-order chi connectivity index (χ0) is 29.5. The van der Waals surface area contributed by atoms with Crippen molar-refractivity contribution in [1.29, 1.82) is 0 Å².